The number of amides is 1. The Morgan fingerprint density at radius 1 is 1.30 bits per heavy atom. The van der Waals surface area contributed by atoms with Crippen molar-refractivity contribution in [3.8, 4) is 0 Å². The zero-order valence-corrected chi connectivity index (χ0v) is 25.4. The summed E-state index contributed by atoms with van der Waals surface area (Å²) in [5.41, 5.74) is 2.32. The third-order valence-corrected chi connectivity index (χ3v) is 9.60. The summed E-state index contributed by atoms with van der Waals surface area (Å²) >= 11 is 1.32. The van der Waals surface area contributed by atoms with Crippen LogP contribution >= 0.6 is 11.3 Å². The number of carbonyl (C=O) groups is 1. The maximum Gasteiger partial charge on any atom is 0.410 e. The van der Waals surface area contributed by atoms with Gasteiger partial charge in [0.05, 0.1) is 16.9 Å². The second-order valence-electron chi connectivity index (χ2n) is 11.4. The van der Waals surface area contributed by atoms with Crippen LogP contribution in [-0.2, 0) is 19.5 Å². The zero-order valence-electron chi connectivity index (χ0n) is 22.8. The van der Waals surface area contributed by atoms with E-state index in [1.165, 1.54) is 17.4 Å². The van der Waals surface area contributed by atoms with Gasteiger partial charge < -0.3 is 19.7 Å². The molecule has 1 N–H and O–H groups in total. The van der Waals surface area contributed by atoms with E-state index in [0.717, 1.165) is 22.5 Å². The lowest BCUT2D eigenvalue weighted by atomic mass is 10.2. The molecule has 3 heterocycles. The van der Waals surface area contributed by atoms with Crippen LogP contribution in [-0.4, -0.2) is 75.5 Å². The van der Waals surface area contributed by atoms with Gasteiger partial charge in [-0.25, -0.2) is 19.1 Å². The first-order valence-corrected chi connectivity index (χ1v) is 18.5. The highest BCUT2D eigenvalue weighted by Gasteiger charge is 2.31. The van der Waals surface area contributed by atoms with Gasteiger partial charge in [0.1, 0.15) is 12.3 Å². The third-order valence-electron chi connectivity index (χ3n) is 5.69. The number of anilines is 2. The van der Waals surface area contributed by atoms with Crippen LogP contribution in [0.25, 0.3) is 0 Å². The molecule has 0 aromatic carbocycles. The first-order chi connectivity index (χ1) is 17.2. The molecule has 2 aromatic rings. The van der Waals surface area contributed by atoms with Crippen molar-refractivity contribution in [2.45, 2.75) is 76.5 Å². The highest BCUT2D eigenvalue weighted by atomic mass is 32.2. The van der Waals surface area contributed by atoms with Gasteiger partial charge in [0.25, 0.3) is 10.0 Å². The Bertz CT molecular complexity index is 1160. The summed E-state index contributed by atoms with van der Waals surface area (Å²) in [7, 11) is -5.30. The van der Waals surface area contributed by atoms with Gasteiger partial charge in [0, 0.05) is 39.2 Å². The summed E-state index contributed by atoms with van der Waals surface area (Å²) in [5.74, 6) is 0.313. The van der Waals surface area contributed by atoms with E-state index in [0.29, 0.717) is 31.2 Å². The molecule has 0 aliphatic carbocycles. The molecule has 13 heteroatoms. The minimum Gasteiger partial charge on any atom is -0.444 e. The molecule has 206 valence electrons. The molecule has 37 heavy (non-hydrogen) atoms. The molecule has 1 fully saturated rings. The van der Waals surface area contributed by atoms with Crippen molar-refractivity contribution >= 4 is 47.0 Å². The summed E-state index contributed by atoms with van der Waals surface area (Å²) in [6.07, 6.45) is 0.424. The molecule has 0 radical (unpaired) electrons. The van der Waals surface area contributed by atoms with Gasteiger partial charge in [-0.3, -0.25) is 0 Å². The molecule has 1 atom stereocenters. The maximum atomic E-state index is 13.5. The summed E-state index contributed by atoms with van der Waals surface area (Å²) in [6.45, 7) is 15.5. The maximum absolute atomic E-state index is 13.5. The van der Waals surface area contributed by atoms with Gasteiger partial charge in [-0.05, 0) is 52.3 Å². The lowest BCUT2D eigenvalue weighted by molar-refractivity contribution is 0.0293. The van der Waals surface area contributed by atoms with E-state index < -0.39 is 23.7 Å². The molecule has 1 aliphatic heterocycles. The molecular weight excluding hydrogens is 531 g/mol. The van der Waals surface area contributed by atoms with Crippen LogP contribution in [0.3, 0.4) is 0 Å². The fraction of sp³-hybridized carbons (Fsp3) is 0.625. The Morgan fingerprint density at radius 2 is 2.03 bits per heavy atom. The SMILES string of the molecule is Cc1nc(S(=O)(=O)N(COCC[Si](C)(C)C)c2cscn2)ccc1N[C@H]1CCN(C(=O)OC(C)(C)C)C1. The number of rotatable bonds is 10. The van der Waals surface area contributed by atoms with E-state index in [9.17, 15) is 13.2 Å². The molecule has 3 rings (SSSR count). The largest absolute Gasteiger partial charge is 0.444 e. The molecule has 10 nitrogen and oxygen atoms in total. The predicted octanol–water partition coefficient (Wildman–Crippen LogP) is 4.78. The molecular formula is C24H39N5O5S2Si. The van der Waals surface area contributed by atoms with E-state index in [2.05, 4.69) is 34.9 Å². The number of hydrogen-bond acceptors (Lipinski definition) is 9. The number of aryl methyl sites for hydroxylation is 1. The minimum absolute atomic E-state index is 0.0155. The number of carbonyl (C=O) groups excluding carboxylic acids is 1. The number of likely N-dealkylation sites (tertiary alicyclic amines) is 1. The second-order valence-corrected chi connectivity index (χ2v) is 19.5. The number of aromatic nitrogens is 2. The Hall–Kier alpha value is -2.22. The Morgan fingerprint density at radius 3 is 2.62 bits per heavy atom. The monoisotopic (exact) mass is 569 g/mol. The van der Waals surface area contributed by atoms with Crippen LogP contribution in [0.15, 0.2) is 28.0 Å². The van der Waals surface area contributed by atoms with E-state index in [1.807, 2.05) is 20.8 Å². The third kappa shape index (κ3) is 8.39. The van der Waals surface area contributed by atoms with Crippen LogP contribution in [0, 0.1) is 6.92 Å². The fourth-order valence-electron chi connectivity index (χ4n) is 3.65. The Kier molecular flexibility index (Phi) is 9.25. The number of nitrogens with one attached hydrogen (secondary N) is 1. The number of pyridine rings is 1. The number of ether oxygens (including phenoxy) is 2. The van der Waals surface area contributed by atoms with Crippen LogP contribution in [0.1, 0.15) is 32.9 Å². The highest BCUT2D eigenvalue weighted by Crippen LogP contribution is 2.26. The number of nitrogens with zero attached hydrogens (tertiary/aromatic N) is 4. The fourth-order valence-corrected chi connectivity index (χ4v) is 6.29. The average Bonchev–Trinajstić information content (AvgIpc) is 3.45. The lowest BCUT2D eigenvalue weighted by Gasteiger charge is -2.25. The smallest absolute Gasteiger partial charge is 0.410 e. The van der Waals surface area contributed by atoms with E-state index in [-0.39, 0.29) is 23.9 Å². The van der Waals surface area contributed by atoms with Gasteiger partial charge in [0.15, 0.2) is 10.8 Å². The van der Waals surface area contributed by atoms with Crippen molar-refractivity contribution < 1.29 is 22.7 Å². The average molecular weight is 570 g/mol. The minimum atomic E-state index is -3.99. The summed E-state index contributed by atoms with van der Waals surface area (Å²) in [4.78, 5) is 22.7. The predicted molar refractivity (Wildman–Crippen MR) is 150 cm³/mol. The molecule has 0 saturated carbocycles. The van der Waals surface area contributed by atoms with Crippen molar-refractivity contribution in [3.05, 3.63) is 28.7 Å². The molecule has 1 amide bonds. The van der Waals surface area contributed by atoms with Gasteiger partial charge >= 0.3 is 6.09 Å². The molecule has 0 unspecified atom stereocenters. The van der Waals surface area contributed by atoms with Crippen LogP contribution < -0.4 is 9.62 Å². The van der Waals surface area contributed by atoms with Gasteiger partial charge in [-0.15, -0.1) is 11.3 Å². The topological polar surface area (TPSA) is 114 Å². The molecule has 1 saturated heterocycles. The van der Waals surface area contributed by atoms with Crippen molar-refractivity contribution in [2.24, 2.45) is 0 Å². The first-order valence-electron chi connectivity index (χ1n) is 12.4. The standard InChI is InChI=1S/C24H39N5O5S2Si/c1-18-20(27-19-10-11-28(14-19)23(30)34-24(2,3)4)8-9-22(26-18)36(31,32)29(21-15-35-16-25-21)17-33-12-13-37(5,6)7/h8-9,15-16,19,27H,10-14,17H2,1-7H3/t19-/m0/s1. The van der Waals surface area contributed by atoms with E-state index >= 15 is 0 Å². The van der Waals surface area contributed by atoms with E-state index in [1.54, 1.807) is 28.8 Å². The Labute approximate surface area is 225 Å². The van der Waals surface area contributed by atoms with Crippen molar-refractivity contribution in [1.29, 1.82) is 0 Å². The lowest BCUT2D eigenvalue weighted by Crippen LogP contribution is -2.36. The summed E-state index contributed by atoms with van der Waals surface area (Å²) < 4.78 is 39.5. The van der Waals surface area contributed by atoms with E-state index in [4.69, 9.17) is 9.47 Å². The zero-order chi connectivity index (χ0) is 27.4. The van der Waals surface area contributed by atoms with Crippen LogP contribution in [0.5, 0.6) is 0 Å². The normalized spacial score (nSPS) is 16.6. The van der Waals surface area contributed by atoms with Crippen LogP contribution in [0.2, 0.25) is 25.7 Å². The summed E-state index contributed by atoms with van der Waals surface area (Å²) in [5, 5.41) is 5.01. The molecule has 0 bridgehead atoms. The first kappa shape index (κ1) is 29.3. The molecule has 2 aromatic heterocycles. The van der Waals surface area contributed by atoms with Crippen molar-refractivity contribution in [2.75, 3.05) is 36.0 Å². The van der Waals surface area contributed by atoms with Crippen molar-refractivity contribution in [3.63, 3.8) is 0 Å². The van der Waals surface area contributed by atoms with Crippen molar-refractivity contribution in [1.82, 2.24) is 14.9 Å². The molecule has 1 aliphatic rings. The Balaban J connectivity index is 1.69. The quantitative estimate of drug-likeness (QED) is 0.247. The number of thiazole rings is 1. The van der Waals surface area contributed by atoms with Gasteiger partial charge in [-0.2, -0.15) is 8.42 Å². The number of sulfonamides is 1. The highest BCUT2D eigenvalue weighted by molar-refractivity contribution is 7.92. The van der Waals surface area contributed by atoms with Gasteiger partial charge in [-0.1, -0.05) is 19.6 Å². The van der Waals surface area contributed by atoms with Crippen LogP contribution in [0.4, 0.5) is 16.3 Å². The van der Waals surface area contributed by atoms with Gasteiger partial charge in [0.2, 0.25) is 0 Å². The molecule has 0 spiro atoms. The second kappa shape index (κ2) is 11.7. The number of hydrogen-bond donors (Lipinski definition) is 1. The summed E-state index contributed by atoms with van der Waals surface area (Å²) in [6, 6.07) is 4.16.